The number of benzene rings is 2. The molecule has 2 aromatic carbocycles. The van der Waals surface area contributed by atoms with Crippen molar-refractivity contribution in [2.45, 2.75) is 6.92 Å². The van der Waals surface area contributed by atoms with Gasteiger partial charge in [-0.3, -0.25) is 5.32 Å². The van der Waals surface area contributed by atoms with E-state index in [4.69, 9.17) is 4.74 Å². The molecule has 0 aliphatic carbocycles. The van der Waals surface area contributed by atoms with Gasteiger partial charge in [-0.1, -0.05) is 17.7 Å². The Labute approximate surface area is 135 Å². The number of hydrogen-bond acceptors (Lipinski definition) is 3. The Morgan fingerprint density at radius 1 is 0.870 bits per heavy atom. The van der Waals surface area contributed by atoms with Gasteiger partial charge < -0.3 is 15.0 Å². The molecule has 6 nitrogen and oxygen atoms in total. The summed E-state index contributed by atoms with van der Waals surface area (Å²) in [4.78, 5) is 24.8. The Kier molecular flexibility index (Phi) is 5.19. The molecule has 0 saturated carbocycles. The zero-order valence-corrected chi connectivity index (χ0v) is 13.3. The third kappa shape index (κ3) is 5.03. The van der Waals surface area contributed by atoms with Crippen molar-refractivity contribution >= 4 is 23.5 Å². The molecular weight excluding hydrogens is 294 g/mol. The van der Waals surface area contributed by atoms with Crippen LogP contribution in [-0.2, 0) is 0 Å². The lowest BCUT2D eigenvalue weighted by atomic mass is 10.2. The van der Waals surface area contributed by atoms with E-state index in [-0.39, 0.29) is 6.03 Å². The first-order valence-corrected chi connectivity index (χ1v) is 7.08. The van der Waals surface area contributed by atoms with Gasteiger partial charge in [0.2, 0.25) is 0 Å². The predicted octanol–water partition coefficient (Wildman–Crippen LogP) is 3.70. The number of carbonyl (C=O) groups is 2. The Morgan fingerprint density at radius 3 is 1.96 bits per heavy atom. The van der Waals surface area contributed by atoms with Crippen molar-refractivity contribution < 1.29 is 14.3 Å². The van der Waals surface area contributed by atoms with Crippen LogP contribution < -0.4 is 15.4 Å². The van der Waals surface area contributed by atoms with Crippen molar-refractivity contribution in [3.05, 3.63) is 54.1 Å². The Bertz CT molecular complexity index is 679. The summed E-state index contributed by atoms with van der Waals surface area (Å²) < 4.78 is 5.18. The van der Waals surface area contributed by atoms with Crippen molar-refractivity contribution in [3.8, 4) is 5.75 Å². The number of carbonyl (C=O) groups excluding carboxylic acids is 2. The largest absolute Gasteiger partial charge is 0.417 e. The quantitative estimate of drug-likeness (QED) is 0.907. The second-order valence-corrected chi connectivity index (χ2v) is 5.23. The van der Waals surface area contributed by atoms with E-state index in [2.05, 4.69) is 10.6 Å². The summed E-state index contributed by atoms with van der Waals surface area (Å²) in [5.74, 6) is 0.387. The normalized spacial score (nSPS) is 9.87. The van der Waals surface area contributed by atoms with Gasteiger partial charge in [0.05, 0.1) is 0 Å². The number of nitrogens with one attached hydrogen (secondary N) is 2. The number of nitrogens with zero attached hydrogens (tertiary/aromatic N) is 1. The van der Waals surface area contributed by atoms with E-state index in [0.717, 1.165) is 5.56 Å². The molecular formula is C17H19N3O3. The standard InChI is InChI=1S/C17H19N3O3/c1-12-4-6-14(7-5-12)19-17(22)23-15-10-8-13(9-11-15)18-16(21)20(2)3/h4-11H,1-3H3,(H,18,21)(H,19,22). The highest BCUT2D eigenvalue weighted by Gasteiger charge is 2.07. The summed E-state index contributed by atoms with van der Waals surface area (Å²) in [5.41, 5.74) is 2.39. The molecule has 23 heavy (non-hydrogen) atoms. The number of rotatable bonds is 3. The van der Waals surface area contributed by atoms with Crippen LogP contribution in [-0.4, -0.2) is 31.1 Å². The van der Waals surface area contributed by atoms with Crippen LogP contribution in [0.2, 0.25) is 0 Å². The number of amides is 3. The SMILES string of the molecule is Cc1ccc(NC(=O)Oc2ccc(NC(=O)N(C)C)cc2)cc1. The number of urea groups is 1. The van der Waals surface area contributed by atoms with Crippen molar-refractivity contribution in [2.24, 2.45) is 0 Å². The number of anilines is 2. The van der Waals surface area contributed by atoms with Crippen molar-refractivity contribution in [1.82, 2.24) is 4.90 Å². The Balaban J connectivity index is 1.91. The second-order valence-electron chi connectivity index (χ2n) is 5.23. The molecule has 120 valence electrons. The highest BCUT2D eigenvalue weighted by atomic mass is 16.6. The molecule has 0 radical (unpaired) electrons. The van der Waals surface area contributed by atoms with Crippen LogP contribution in [0.25, 0.3) is 0 Å². The van der Waals surface area contributed by atoms with Crippen LogP contribution in [0.1, 0.15) is 5.56 Å². The van der Waals surface area contributed by atoms with E-state index in [9.17, 15) is 9.59 Å². The summed E-state index contributed by atoms with van der Waals surface area (Å²) in [6.45, 7) is 1.97. The number of ether oxygens (including phenoxy) is 1. The van der Waals surface area contributed by atoms with Gasteiger partial charge in [-0.25, -0.2) is 9.59 Å². The molecule has 2 aromatic rings. The minimum Gasteiger partial charge on any atom is -0.410 e. The van der Waals surface area contributed by atoms with E-state index >= 15 is 0 Å². The third-order valence-electron chi connectivity index (χ3n) is 3.02. The third-order valence-corrected chi connectivity index (χ3v) is 3.02. The van der Waals surface area contributed by atoms with Gasteiger partial charge in [-0.15, -0.1) is 0 Å². The molecule has 0 bridgehead atoms. The molecule has 2 N–H and O–H groups in total. The Hall–Kier alpha value is -3.02. The van der Waals surface area contributed by atoms with Crippen LogP contribution >= 0.6 is 0 Å². The fraction of sp³-hybridized carbons (Fsp3) is 0.176. The van der Waals surface area contributed by atoms with Crippen LogP contribution in [0.3, 0.4) is 0 Å². The minimum absolute atomic E-state index is 0.226. The summed E-state index contributed by atoms with van der Waals surface area (Å²) in [6.07, 6.45) is -0.570. The summed E-state index contributed by atoms with van der Waals surface area (Å²) in [7, 11) is 3.31. The molecule has 0 atom stereocenters. The molecule has 0 aromatic heterocycles. The zero-order chi connectivity index (χ0) is 16.8. The highest BCUT2D eigenvalue weighted by molar-refractivity contribution is 5.89. The van der Waals surface area contributed by atoms with Crippen LogP contribution in [0, 0.1) is 6.92 Å². The van der Waals surface area contributed by atoms with E-state index < -0.39 is 6.09 Å². The van der Waals surface area contributed by atoms with Gasteiger partial charge in [0.15, 0.2) is 0 Å². The molecule has 0 aliphatic heterocycles. The topological polar surface area (TPSA) is 70.7 Å². The molecule has 3 amide bonds. The van der Waals surface area contributed by atoms with E-state index in [1.54, 1.807) is 50.5 Å². The van der Waals surface area contributed by atoms with Crippen LogP contribution in [0.15, 0.2) is 48.5 Å². The van der Waals surface area contributed by atoms with Gasteiger partial charge in [0, 0.05) is 25.5 Å². The lowest BCUT2D eigenvalue weighted by Crippen LogP contribution is -2.27. The highest BCUT2D eigenvalue weighted by Crippen LogP contribution is 2.17. The summed E-state index contributed by atoms with van der Waals surface area (Å²) >= 11 is 0. The maximum Gasteiger partial charge on any atom is 0.417 e. The van der Waals surface area contributed by atoms with Gasteiger partial charge in [-0.05, 0) is 43.3 Å². The average molecular weight is 313 g/mol. The monoisotopic (exact) mass is 313 g/mol. The zero-order valence-electron chi connectivity index (χ0n) is 13.3. The maximum absolute atomic E-state index is 11.8. The minimum atomic E-state index is -0.570. The molecule has 0 saturated heterocycles. The van der Waals surface area contributed by atoms with Crippen LogP contribution in [0.5, 0.6) is 5.75 Å². The average Bonchev–Trinajstić information content (AvgIpc) is 2.51. The summed E-state index contributed by atoms with van der Waals surface area (Å²) in [5, 5.41) is 5.34. The first-order valence-electron chi connectivity index (χ1n) is 7.08. The first-order chi connectivity index (χ1) is 10.9. The molecule has 0 aliphatic rings. The number of aryl methyl sites for hydroxylation is 1. The molecule has 0 fully saturated rings. The molecule has 0 heterocycles. The molecule has 6 heteroatoms. The van der Waals surface area contributed by atoms with Crippen molar-refractivity contribution in [1.29, 1.82) is 0 Å². The van der Waals surface area contributed by atoms with E-state index in [1.165, 1.54) is 4.90 Å². The summed E-state index contributed by atoms with van der Waals surface area (Å²) in [6, 6.07) is 13.7. The smallest absolute Gasteiger partial charge is 0.410 e. The van der Waals surface area contributed by atoms with Crippen molar-refractivity contribution in [2.75, 3.05) is 24.7 Å². The van der Waals surface area contributed by atoms with E-state index in [1.807, 2.05) is 19.1 Å². The fourth-order valence-corrected chi connectivity index (χ4v) is 1.73. The van der Waals surface area contributed by atoms with E-state index in [0.29, 0.717) is 17.1 Å². The maximum atomic E-state index is 11.8. The number of hydrogen-bond donors (Lipinski definition) is 2. The van der Waals surface area contributed by atoms with Gasteiger partial charge in [-0.2, -0.15) is 0 Å². The molecule has 2 rings (SSSR count). The second kappa shape index (κ2) is 7.31. The molecule has 0 spiro atoms. The lowest BCUT2D eigenvalue weighted by Gasteiger charge is -2.12. The van der Waals surface area contributed by atoms with Crippen molar-refractivity contribution in [3.63, 3.8) is 0 Å². The lowest BCUT2D eigenvalue weighted by molar-refractivity contribution is 0.215. The predicted molar refractivity (Wildman–Crippen MR) is 90.0 cm³/mol. The van der Waals surface area contributed by atoms with Gasteiger partial charge in [0.1, 0.15) is 5.75 Å². The Morgan fingerprint density at radius 2 is 1.39 bits per heavy atom. The van der Waals surface area contributed by atoms with Gasteiger partial charge >= 0.3 is 12.1 Å². The van der Waals surface area contributed by atoms with Crippen LogP contribution in [0.4, 0.5) is 21.0 Å². The fourth-order valence-electron chi connectivity index (χ4n) is 1.73. The van der Waals surface area contributed by atoms with Gasteiger partial charge in [0.25, 0.3) is 0 Å². The first kappa shape index (κ1) is 16.4. The molecule has 0 unspecified atom stereocenters.